The third-order valence-electron chi connectivity index (χ3n) is 7.32. The summed E-state index contributed by atoms with van der Waals surface area (Å²) >= 11 is 1.44. The number of Topliss-reactive ketones (excluding diaryl/α,β-unsaturated/α-hetero) is 1. The number of aryl methyl sites for hydroxylation is 1. The van der Waals surface area contributed by atoms with Crippen molar-refractivity contribution in [2.24, 2.45) is 5.92 Å². The van der Waals surface area contributed by atoms with E-state index in [-0.39, 0.29) is 29.9 Å². The largest absolute Gasteiger partial charge is 0.458 e. The lowest BCUT2D eigenvalue weighted by Gasteiger charge is -2.24. The molecule has 2 aromatic carbocycles. The zero-order valence-corrected chi connectivity index (χ0v) is 28.5. The van der Waals surface area contributed by atoms with E-state index in [0.717, 1.165) is 21.6 Å². The predicted octanol–water partition coefficient (Wildman–Crippen LogP) is 7.90. The van der Waals surface area contributed by atoms with Crippen LogP contribution in [0.15, 0.2) is 67.0 Å². The van der Waals surface area contributed by atoms with Crippen LogP contribution in [0.4, 0.5) is 4.39 Å². The van der Waals surface area contributed by atoms with Crippen LogP contribution in [-0.2, 0) is 26.2 Å². The van der Waals surface area contributed by atoms with Crippen LogP contribution in [0.2, 0.25) is 0 Å². The van der Waals surface area contributed by atoms with Crippen molar-refractivity contribution in [2.75, 3.05) is 0 Å². The van der Waals surface area contributed by atoms with Gasteiger partial charge in [0, 0.05) is 46.3 Å². The molecule has 7 nitrogen and oxygen atoms in total. The van der Waals surface area contributed by atoms with E-state index in [4.69, 9.17) is 4.74 Å². The van der Waals surface area contributed by atoms with Gasteiger partial charge in [0.05, 0.1) is 4.88 Å². The highest BCUT2D eigenvalue weighted by molar-refractivity contribution is 7.14. The Balaban J connectivity index is 1.52. The second kappa shape index (κ2) is 14.0. The maximum absolute atomic E-state index is 14.4. The third kappa shape index (κ3) is 9.16. The molecule has 0 bridgehead atoms. The maximum Gasteiger partial charge on any atom is 0.328 e. The van der Waals surface area contributed by atoms with E-state index in [9.17, 15) is 18.8 Å². The van der Waals surface area contributed by atoms with Gasteiger partial charge in [0.2, 0.25) is 5.91 Å². The molecule has 242 valence electrons. The number of esters is 1. The summed E-state index contributed by atoms with van der Waals surface area (Å²) in [6, 6.07) is 15.4. The molecule has 9 heteroatoms. The number of carbonyl (C=O) groups is 3. The molecule has 2 heterocycles. The zero-order valence-electron chi connectivity index (χ0n) is 27.7. The van der Waals surface area contributed by atoms with Crippen LogP contribution in [0.5, 0.6) is 0 Å². The Kier molecular flexibility index (Phi) is 10.6. The number of amides is 1. The number of nitrogens with zero attached hydrogens (tertiary/aromatic N) is 2. The highest BCUT2D eigenvalue weighted by Gasteiger charge is 2.29. The molecule has 1 amide bonds. The number of rotatable bonds is 10. The van der Waals surface area contributed by atoms with Crippen LogP contribution in [0, 0.1) is 18.7 Å². The SMILES string of the molecule is Cc1ccc(-c2cnc(-c3ccc(C[C@H](CC(=O)c4ccc(C(C)(C)C)s4)C(=O)N[C@H](C)C(=O)OC(C)(C)C)cc3)nc2)c(F)c1. The van der Waals surface area contributed by atoms with E-state index in [1.54, 1.807) is 46.2 Å². The number of nitrogens with one attached hydrogen (secondary N) is 1. The van der Waals surface area contributed by atoms with Crippen molar-refractivity contribution in [3.8, 4) is 22.5 Å². The number of hydrogen-bond donors (Lipinski definition) is 1. The van der Waals surface area contributed by atoms with Crippen LogP contribution in [0.3, 0.4) is 0 Å². The Hall–Kier alpha value is -4.24. The molecule has 4 rings (SSSR count). The average molecular weight is 644 g/mol. The summed E-state index contributed by atoms with van der Waals surface area (Å²) in [4.78, 5) is 50.1. The molecule has 0 spiro atoms. The highest BCUT2D eigenvalue weighted by atomic mass is 32.1. The standard InChI is InChI=1S/C37H42FN3O4S/c1-22-9-14-28(29(38)17-22)27-20-39-33(40-21-27)25-12-10-24(11-13-25)18-26(34(43)41-23(2)35(44)45-37(6,7)8)19-30(42)31-15-16-32(46-31)36(3,4)5/h9-17,20-21,23,26H,18-19H2,1-8H3,(H,41,43)/t23-,26-/m1/s1. The Bertz CT molecular complexity index is 1700. The number of halogens is 1. The molecule has 46 heavy (non-hydrogen) atoms. The normalized spacial score (nSPS) is 13.2. The summed E-state index contributed by atoms with van der Waals surface area (Å²) in [5.41, 5.74) is 2.65. The first kappa shape index (κ1) is 34.6. The average Bonchev–Trinajstić information content (AvgIpc) is 3.48. The number of thiophene rings is 1. The van der Waals surface area contributed by atoms with Crippen LogP contribution < -0.4 is 5.32 Å². The van der Waals surface area contributed by atoms with Gasteiger partial charge >= 0.3 is 5.97 Å². The van der Waals surface area contributed by atoms with Gasteiger partial charge in [0.15, 0.2) is 11.6 Å². The first-order valence-corrected chi connectivity index (χ1v) is 16.2. The summed E-state index contributed by atoms with van der Waals surface area (Å²) in [6.07, 6.45) is 3.46. The monoisotopic (exact) mass is 643 g/mol. The van der Waals surface area contributed by atoms with Crippen molar-refractivity contribution >= 4 is 29.0 Å². The Labute approximate surface area is 274 Å². The smallest absolute Gasteiger partial charge is 0.328 e. The van der Waals surface area contributed by atoms with Gasteiger partial charge < -0.3 is 10.1 Å². The summed E-state index contributed by atoms with van der Waals surface area (Å²) in [5, 5.41) is 2.76. The minimum absolute atomic E-state index is 0.0150. The molecular weight excluding hydrogens is 601 g/mol. The number of ether oxygens (including phenoxy) is 1. The van der Waals surface area contributed by atoms with Gasteiger partial charge in [-0.1, -0.05) is 57.2 Å². The van der Waals surface area contributed by atoms with Gasteiger partial charge in [-0.05, 0) is 75.8 Å². The van der Waals surface area contributed by atoms with Crippen molar-refractivity contribution < 1.29 is 23.5 Å². The quantitative estimate of drug-likeness (QED) is 0.139. The first-order chi connectivity index (χ1) is 21.5. The molecule has 0 saturated heterocycles. The summed E-state index contributed by atoms with van der Waals surface area (Å²) < 4.78 is 19.9. The van der Waals surface area contributed by atoms with E-state index < -0.39 is 29.4 Å². The minimum atomic E-state index is -0.880. The molecule has 0 fully saturated rings. The number of ketones is 1. The minimum Gasteiger partial charge on any atom is -0.458 e. The fraction of sp³-hybridized carbons (Fsp3) is 0.378. The molecule has 1 N–H and O–H groups in total. The molecule has 2 aromatic heterocycles. The molecule has 4 aromatic rings. The first-order valence-electron chi connectivity index (χ1n) is 15.3. The predicted molar refractivity (Wildman–Crippen MR) is 180 cm³/mol. The lowest BCUT2D eigenvalue weighted by Crippen LogP contribution is -2.45. The number of benzene rings is 2. The van der Waals surface area contributed by atoms with Gasteiger partial charge in [0.1, 0.15) is 17.5 Å². The number of hydrogen-bond acceptors (Lipinski definition) is 7. The van der Waals surface area contributed by atoms with E-state index >= 15 is 0 Å². The lowest BCUT2D eigenvalue weighted by atomic mass is 9.92. The molecule has 0 saturated carbocycles. The van der Waals surface area contributed by atoms with Crippen molar-refractivity contribution in [1.29, 1.82) is 0 Å². The summed E-state index contributed by atoms with van der Waals surface area (Å²) in [6.45, 7) is 15.0. The topological polar surface area (TPSA) is 98.2 Å². The Morgan fingerprint density at radius 1 is 0.913 bits per heavy atom. The van der Waals surface area contributed by atoms with Gasteiger partial charge in [0.25, 0.3) is 0 Å². The number of aromatic nitrogens is 2. The molecule has 2 atom stereocenters. The highest BCUT2D eigenvalue weighted by Crippen LogP contribution is 2.31. The van der Waals surface area contributed by atoms with Crippen molar-refractivity contribution in [1.82, 2.24) is 15.3 Å². The third-order valence-corrected chi connectivity index (χ3v) is 8.88. The molecule has 0 aliphatic rings. The lowest BCUT2D eigenvalue weighted by molar-refractivity contribution is -0.158. The van der Waals surface area contributed by atoms with E-state index in [0.29, 0.717) is 21.8 Å². The van der Waals surface area contributed by atoms with Crippen molar-refractivity contribution in [3.05, 3.63) is 93.7 Å². The molecule has 0 radical (unpaired) electrons. The van der Waals surface area contributed by atoms with Crippen LogP contribution >= 0.6 is 11.3 Å². The molecule has 0 aliphatic heterocycles. The maximum atomic E-state index is 14.4. The van der Waals surface area contributed by atoms with Gasteiger partial charge in [-0.3, -0.25) is 9.59 Å². The van der Waals surface area contributed by atoms with Crippen LogP contribution in [-0.4, -0.2) is 39.3 Å². The molecular formula is C37H42FN3O4S. The van der Waals surface area contributed by atoms with Crippen molar-refractivity contribution in [3.63, 3.8) is 0 Å². The van der Waals surface area contributed by atoms with E-state index in [1.165, 1.54) is 17.4 Å². The van der Waals surface area contributed by atoms with Gasteiger partial charge in [-0.15, -0.1) is 11.3 Å². The van der Waals surface area contributed by atoms with E-state index in [1.807, 2.05) is 49.4 Å². The second-order valence-electron chi connectivity index (χ2n) is 13.7. The fourth-order valence-corrected chi connectivity index (χ4v) is 5.81. The Morgan fingerprint density at radius 2 is 1.57 bits per heavy atom. The van der Waals surface area contributed by atoms with Crippen LogP contribution in [0.1, 0.15) is 80.6 Å². The molecule has 0 aliphatic carbocycles. The molecule has 0 unspecified atom stereocenters. The summed E-state index contributed by atoms with van der Waals surface area (Å²) in [7, 11) is 0. The summed E-state index contributed by atoms with van der Waals surface area (Å²) in [5.74, 6) is -1.63. The van der Waals surface area contributed by atoms with Crippen molar-refractivity contribution in [2.45, 2.75) is 85.3 Å². The fourth-order valence-electron chi connectivity index (χ4n) is 4.80. The zero-order chi connectivity index (χ0) is 33.8. The Morgan fingerprint density at radius 3 is 2.13 bits per heavy atom. The van der Waals surface area contributed by atoms with Gasteiger partial charge in [-0.2, -0.15) is 0 Å². The van der Waals surface area contributed by atoms with E-state index in [2.05, 4.69) is 36.1 Å². The number of carbonyl (C=O) groups excluding carboxylic acids is 3. The second-order valence-corrected chi connectivity index (χ2v) is 14.8. The van der Waals surface area contributed by atoms with Gasteiger partial charge in [-0.25, -0.2) is 19.2 Å². The van der Waals surface area contributed by atoms with Crippen LogP contribution in [0.25, 0.3) is 22.5 Å².